The van der Waals surface area contributed by atoms with Gasteiger partial charge in [0.05, 0.1) is 24.5 Å². The Hall–Kier alpha value is -9.23. The predicted molar refractivity (Wildman–Crippen MR) is 329 cm³/mol. The van der Waals surface area contributed by atoms with E-state index in [-0.39, 0.29) is 76.3 Å². The number of carbonyl (C=O) groups excluding carboxylic acids is 8. The molecule has 8 amide bonds. The zero-order chi connectivity index (χ0) is 63.8. The van der Waals surface area contributed by atoms with Crippen LogP contribution >= 0.6 is 0 Å². The summed E-state index contributed by atoms with van der Waals surface area (Å²) in [4.78, 5) is 131. The van der Waals surface area contributed by atoms with E-state index < -0.39 is 132 Å². The third-order valence-corrected chi connectivity index (χ3v) is 14.6. The maximum Gasteiger partial charge on any atom is 0.329 e. The Bertz CT molecular complexity index is 3000. The van der Waals surface area contributed by atoms with Crippen LogP contribution in [0.3, 0.4) is 0 Å². The number of carboxylic acid groups (broad SMARTS) is 1. The molecule has 468 valence electrons. The lowest BCUT2D eigenvalue weighted by Gasteiger charge is -2.41. The van der Waals surface area contributed by atoms with E-state index >= 15 is 0 Å². The van der Waals surface area contributed by atoms with Crippen LogP contribution in [-0.4, -0.2) is 149 Å². The number of aliphatic carboxylic acids is 1. The van der Waals surface area contributed by atoms with Gasteiger partial charge in [0.2, 0.25) is 47.3 Å². The van der Waals surface area contributed by atoms with Gasteiger partial charge < -0.3 is 75.9 Å². The Labute approximate surface area is 507 Å². The second-order valence-electron chi connectivity index (χ2n) is 22.8. The quantitative estimate of drug-likeness (QED) is 0.0222. The summed E-state index contributed by atoms with van der Waals surface area (Å²) < 4.78 is 0. The number of amides is 8. The molecule has 0 radical (unpaired) electrons. The molecule has 0 spiro atoms. The zero-order valence-corrected chi connectivity index (χ0v) is 49.7. The van der Waals surface area contributed by atoms with Crippen molar-refractivity contribution in [3.63, 3.8) is 0 Å². The Morgan fingerprint density at radius 3 is 1.17 bits per heavy atom. The molecule has 1 fully saturated rings. The monoisotopic (exact) mass is 1200 g/mol. The number of likely N-dealkylation sites (tertiary alicyclic amines) is 1. The molecule has 0 aromatic heterocycles. The summed E-state index contributed by atoms with van der Waals surface area (Å²) in [5, 5.41) is 37.6. The summed E-state index contributed by atoms with van der Waals surface area (Å²) in [6.45, 7) is 6.19. The number of carbonyl (C=O) groups is 9. The molecule has 0 bridgehead atoms. The van der Waals surface area contributed by atoms with E-state index in [9.17, 15) is 48.3 Å². The minimum absolute atomic E-state index is 0.0264. The molecule has 1 heterocycles. The molecule has 5 rings (SSSR count). The highest BCUT2D eigenvalue weighted by Crippen LogP contribution is 2.25. The van der Waals surface area contributed by atoms with E-state index in [0.29, 0.717) is 11.1 Å². The van der Waals surface area contributed by atoms with E-state index in [1.807, 2.05) is 74.5 Å². The molecule has 1 aliphatic heterocycles. The number of carboxylic acids is 1. The van der Waals surface area contributed by atoms with Crippen LogP contribution < -0.4 is 65.9 Å². The normalized spacial score (nSPS) is 15.5. The van der Waals surface area contributed by atoms with E-state index in [1.54, 1.807) is 74.5 Å². The Balaban J connectivity index is 1.29. The smallest absolute Gasteiger partial charge is 0.329 e. The van der Waals surface area contributed by atoms with Gasteiger partial charge >= 0.3 is 5.97 Å². The number of nitrogens with one attached hydrogen (secondary N) is 8. The van der Waals surface area contributed by atoms with E-state index in [1.165, 1.54) is 4.90 Å². The van der Waals surface area contributed by atoms with Crippen LogP contribution in [0.15, 0.2) is 126 Å². The van der Waals surface area contributed by atoms with Crippen molar-refractivity contribution in [1.29, 1.82) is 5.41 Å². The van der Waals surface area contributed by atoms with Gasteiger partial charge in [-0.05, 0) is 72.6 Å². The van der Waals surface area contributed by atoms with E-state index in [4.69, 9.17) is 34.1 Å². The molecule has 25 nitrogen and oxygen atoms in total. The van der Waals surface area contributed by atoms with Crippen LogP contribution in [0, 0.1) is 17.2 Å². The molecule has 4 aromatic carbocycles. The van der Waals surface area contributed by atoms with Crippen molar-refractivity contribution in [2.45, 2.75) is 139 Å². The largest absolute Gasteiger partial charge is 0.480 e. The molecular weight excluding hydrogens is 1110 g/mol. The highest BCUT2D eigenvalue weighted by Gasteiger charge is 2.46. The summed E-state index contributed by atoms with van der Waals surface area (Å²) in [7, 11) is 0. The average molecular weight is 1200 g/mol. The van der Waals surface area contributed by atoms with Gasteiger partial charge in [0.25, 0.3) is 0 Å². The lowest BCUT2D eigenvalue weighted by atomic mass is 9.86. The molecule has 1 aliphatic rings. The topological polar surface area (TPSA) is 428 Å². The minimum Gasteiger partial charge on any atom is -0.480 e. The van der Waals surface area contributed by atoms with Crippen LogP contribution in [0.1, 0.15) is 82.1 Å². The fourth-order valence-corrected chi connectivity index (χ4v) is 9.95. The number of guanidine groups is 1. The third kappa shape index (κ3) is 22.3. The van der Waals surface area contributed by atoms with E-state index in [2.05, 4.69) is 42.2 Å². The molecule has 8 atom stereocenters. The molecule has 87 heavy (non-hydrogen) atoms. The van der Waals surface area contributed by atoms with Crippen LogP contribution in [0.5, 0.6) is 0 Å². The van der Waals surface area contributed by atoms with Crippen LogP contribution in [0.4, 0.5) is 0 Å². The number of nitrogens with zero attached hydrogens (tertiary/aromatic N) is 2. The number of benzene rings is 4. The summed E-state index contributed by atoms with van der Waals surface area (Å²) >= 11 is 0. The first-order chi connectivity index (χ1) is 41.3. The molecule has 4 aromatic rings. The summed E-state index contributed by atoms with van der Waals surface area (Å²) in [6.07, 6.45) is -0.746. The van der Waals surface area contributed by atoms with Crippen molar-refractivity contribution in [1.82, 2.24) is 42.1 Å². The second-order valence-corrected chi connectivity index (χ2v) is 22.8. The van der Waals surface area contributed by atoms with Crippen molar-refractivity contribution in [2.75, 3.05) is 19.6 Å². The Morgan fingerprint density at radius 2 is 0.828 bits per heavy atom. The minimum atomic E-state index is -2.04. The van der Waals surface area contributed by atoms with Crippen molar-refractivity contribution in [2.24, 2.45) is 45.5 Å². The maximum absolute atomic E-state index is 14.4. The zero-order valence-electron chi connectivity index (χ0n) is 49.7. The summed E-state index contributed by atoms with van der Waals surface area (Å²) in [5.41, 5.74) is 30.8. The molecule has 19 N–H and O–H groups in total. The molecular formula is C62H85N15O10. The van der Waals surface area contributed by atoms with Crippen molar-refractivity contribution < 1.29 is 48.3 Å². The molecule has 0 saturated carbocycles. The van der Waals surface area contributed by atoms with Gasteiger partial charge in [-0.2, -0.15) is 0 Å². The van der Waals surface area contributed by atoms with Gasteiger partial charge in [0, 0.05) is 32.4 Å². The number of piperidine rings is 1. The SMILES string of the molecule is CC(C)C[C@@H](NC(=O)[C@@H](Cc1ccccc1)NC(=O)[C@H](N)Cc1ccccc1)C(=O)NC(CC(=N)N)C(=O)NC1(C(=O)O)CCN(C(=O)[C@@H](CN=C(N)N)NC(=O)[C@@H](CC(C)C)NC(=O)[C@@H](Cc2ccccc2)NC(=O)[C@H](N)Cc2ccccc2)CC1. The number of amidine groups is 1. The van der Waals surface area contributed by atoms with Gasteiger partial charge in [0.1, 0.15) is 41.8 Å². The third-order valence-electron chi connectivity index (χ3n) is 14.6. The first-order valence-corrected chi connectivity index (χ1v) is 29.0. The lowest BCUT2D eigenvalue weighted by Crippen LogP contribution is -2.65. The molecule has 1 unspecified atom stereocenters. The lowest BCUT2D eigenvalue weighted by molar-refractivity contribution is -0.152. The molecule has 1 saturated heterocycles. The van der Waals surface area contributed by atoms with Crippen molar-refractivity contribution in [3.8, 4) is 0 Å². The highest BCUT2D eigenvalue weighted by atomic mass is 16.4. The predicted octanol–water partition coefficient (Wildman–Crippen LogP) is -0.226. The van der Waals surface area contributed by atoms with Crippen LogP contribution in [0.25, 0.3) is 0 Å². The molecule has 0 aliphatic carbocycles. The van der Waals surface area contributed by atoms with Gasteiger partial charge in [-0.3, -0.25) is 48.8 Å². The Morgan fingerprint density at radius 1 is 0.494 bits per heavy atom. The van der Waals surface area contributed by atoms with Gasteiger partial charge in [-0.1, -0.05) is 149 Å². The first-order valence-electron chi connectivity index (χ1n) is 29.0. The standard InChI is InChI=1S/C62H85N15O10/c1-37(2)29-45(72-56(82)47(33-41-21-13-7-14-22-41)70-52(78)43(63)31-39-17-9-5-10-18-39)54(80)74-49(35-51(65)66)58(84)76-62(60(86)87)25-27-77(28-26-62)59(85)50(36-69-61(67)68)75-55(81)46(30-38(3)4)73-57(83)48(34-42-23-15-8-16-24-42)71-53(79)44(64)32-40-19-11-6-12-20-40/h5-24,37-38,43-50H,25-36,63-64H2,1-4H3,(H3,65,66)(H,70,78)(H,71,79)(H,72,82)(H,73,83)(H,74,80)(H,75,81)(H,76,84)(H,86,87)(H4,67,68,69)/t43-,44-,45-,46-,47-,48-,49?,50-/m1/s1. The first kappa shape index (κ1) is 68.5. The van der Waals surface area contributed by atoms with Gasteiger partial charge in [-0.15, -0.1) is 0 Å². The van der Waals surface area contributed by atoms with Crippen LogP contribution in [0.2, 0.25) is 0 Å². The summed E-state index contributed by atoms with van der Waals surface area (Å²) in [6, 6.07) is 25.9. The number of aliphatic imine (C=N–C) groups is 1. The maximum atomic E-state index is 14.4. The average Bonchev–Trinajstić information content (AvgIpc) is 2.49. The van der Waals surface area contributed by atoms with Gasteiger partial charge in [-0.25, -0.2) is 4.79 Å². The van der Waals surface area contributed by atoms with Crippen molar-refractivity contribution >= 4 is 65.0 Å². The number of hydrogen-bond donors (Lipinski definition) is 14. The van der Waals surface area contributed by atoms with Crippen LogP contribution in [-0.2, 0) is 68.8 Å². The Kier molecular flexibility index (Phi) is 26.4. The fraction of sp³-hybridized carbons (Fsp3) is 0.435. The fourth-order valence-electron chi connectivity index (χ4n) is 9.95. The number of hydrogen-bond acceptors (Lipinski definition) is 13. The highest BCUT2D eigenvalue weighted by molar-refractivity contribution is 5.99. The second kappa shape index (κ2) is 33.5. The van der Waals surface area contributed by atoms with Gasteiger partial charge in [0.15, 0.2) is 5.96 Å². The van der Waals surface area contributed by atoms with E-state index in [0.717, 1.165) is 11.1 Å². The van der Waals surface area contributed by atoms with Crippen molar-refractivity contribution in [3.05, 3.63) is 144 Å². The molecule has 25 heteroatoms. The number of nitrogens with two attached hydrogens (primary N) is 5. The number of rotatable bonds is 32. The summed E-state index contributed by atoms with van der Waals surface area (Å²) in [5.74, 6) is -8.86.